The fourth-order valence-corrected chi connectivity index (χ4v) is 2.63. The van der Waals surface area contributed by atoms with Gasteiger partial charge in [-0.15, -0.1) is 13.2 Å². The van der Waals surface area contributed by atoms with Crippen LogP contribution in [0.5, 0.6) is 11.5 Å². The molecule has 2 aromatic rings. The van der Waals surface area contributed by atoms with Gasteiger partial charge in [0.1, 0.15) is 11.5 Å². The highest BCUT2D eigenvalue weighted by molar-refractivity contribution is 5.90. The van der Waals surface area contributed by atoms with E-state index in [0.717, 1.165) is 5.56 Å². The maximum atomic E-state index is 12.2. The Bertz CT molecular complexity index is 770. The van der Waals surface area contributed by atoms with Crippen LogP contribution in [0.25, 0.3) is 11.1 Å². The fraction of sp³-hybridized carbons (Fsp3) is 0.235. The van der Waals surface area contributed by atoms with Crippen LogP contribution < -0.4 is 14.8 Å². The third-order valence-corrected chi connectivity index (χ3v) is 3.50. The van der Waals surface area contributed by atoms with E-state index in [4.69, 9.17) is 4.74 Å². The van der Waals surface area contributed by atoms with E-state index >= 15 is 0 Å². The highest BCUT2D eigenvalue weighted by Gasteiger charge is 2.31. The second kappa shape index (κ2) is 6.07. The molecule has 7 heteroatoms. The van der Waals surface area contributed by atoms with Gasteiger partial charge >= 0.3 is 6.36 Å². The number of halogens is 3. The largest absolute Gasteiger partial charge is 0.573 e. The van der Waals surface area contributed by atoms with E-state index in [0.29, 0.717) is 35.6 Å². The molecule has 0 spiro atoms. The summed E-state index contributed by atoms with van der Waals surface area (Å²) in [5, 5.41) is 2.72. The van der Waals surface area contributed by atoms with Crippen molar-refractivity contribution in [2.24, 2.45) is 0 Å². The van der Waals surface area contributed by atoms with Crippen LogP contribution in [0.1, 0.15) is 12.5 Å². The quantitative estimate of drug-likeness (QED) is 0.915. The first-order chi connectivity index (χ1) is 11.3. The van der Waals surface area contributed by atoms with Gasteiger partial charge < -0.3 is 14.8 Å². The van der Waals surface area contributed by atoms with Crippen LogP contribution in [0.2, 0.25) is 0 Å². The van der Waals surface area contributed by atoms with Crippen LogP contribution in [-0.2, 0) is 11.2 Å². The number of hydrogen-bond acceptors (Lipinski definition) is 3. The van der Waals surface area contributed by atoms with Gasteiger partial charge in [-0.2, -0.15) is 0 Å². The fourth-order valence-electron chi connectivity index (χ4n) is 2.63. The lowest BCUT2D eigenvalue weighted by atomic mass is 10.00. The van der Waals surface area contributed by atoms with Crippen LogP contribution >= 0.6 is 0 Å². The van der Waals surface area contributed by atoms with Gasteiger partial charge in [0.25, 0.3) is 0 Å². The molecule has 24 heavy (non-hydrogen) atoms. The van der Waals surface area contributed by atoms with Gasteiger partial charge in [-0.1, -0.05) is 12.1 Å². The summed E-state index contributed by atoms with van der Waals surface area (Å²) in [5.41, 5.74) is 2.96. The lowest BCUT2D eigenvalue weighted by Gasteiger charge is -2.13. The molecule has 0 atom stereocenters. The lowest BCUT2D eigenvalue weighted by Crippen LogP contribution is -2.16. The van der Waals surface area contributed by atoms with Crippen LogP contribution in [0.15, 0.2) is 36.4 Å². The number of hydrogen-bond donors (Lipinski definition) is 1. The van der Waals surface area contributed by atoms with E-state index in [1.54, 1.807) is 6.07 Å². The van der Waals surface area contributed by atoms with Crippen molar-refractivity contribution in [3.8, 4) is 22.6 Å². The smallest absolute Gasteiger partial charge is 0.492 e. The molecule has 1 N–H and O–H groups in total. The topological polar surface area (TPSA) is 47.6 Å². The van der Waals surface area contributed by atoms with E-state index in [-0.39, 0.29) is 11.7 Å². The molecule has 0 aromatic heterocycles. The summed E-state index contributed by atoms with van der Waals surface area (Å²) in [6.45, 7) is 1.94. The van der Waals surface area contributed by atoms with Gasteiger partial charge in [-0.25, -0.2) is 0 Å². The Kier molecular flexibility index (Phi) is 4.09. The normalized spacial score (nSPS) is 13.2. The van der Waals surface area contributed by atoms with Gasteiger partial charge in [0.2, 0.25) is 5.91 Å². The minimum absolute atomic E-state index is 0.200. The Balaban J connectivity index is 1.96. The zero-order valence-corrected chi connectivity index (χ0v) is 12.7. The molecule has 1 aliphatic rings. The molecular weight excluding hydrogens is 323 g/mol. The predicted octanol–water partition coefficient (Wildman–Crippen LogP) is 4.15. The molecule has 1 amide bonds. The summed E-state index contributed by atoms with van der Waals surface area (Å²) in [6.07, 6.45) is -4.01. The number of amides is 1. The van der Waals surface area contributed by atoms with Crippen LogP contribution in [-0.4, -0.2) is 18.9 Å². The summed E-state index contributed by atoms with van der Waals surface area (Å²) >= 11 is 0. The Labute approximate surface area is 136 Å². The summed E-state index contributed by atoms with van der Waals surface area (Å²) in [6, 6.07) is 9.12. The minimum Gasteiger partial charge on any atom is -0.492 e. The average molecular weight is 337 g/mol. The summed E-state index contributed by atoms with van der Waals surface area (Å²) < 4.78 is 46.2. The van der Waals surface area contributed by atoms with Crippen LogP contribution in [0.4, 0.5) is 18.9 Å². The van der Waals surface area contributed by atoms with Crippen LogP contribution in [0, 0.1) is 0 Å². The molecule has 0 saturated heterocycles. The number of nitrogens with one attached hydrogen (secondary N) is 1. The monoisotopic (exact) mass is 337 g/mol. The van der Waals surface area contributed by atoms with Gasteiger partial charge in [-0.3, -0.25) is 4.79 Å². The molecule has 1 heterocycles. The van der Waals surface area contributed by atoms with Crippen molar-refractivity contribution in [2.75, 3.05) is 11.9 Å². The molecule has 3 rings (SSSR count). The van der Waals surface area contributed by atoms with E-state index < -0.39 is 6.36 Å². The van der Waals surface area contributed by atoms with Crippen molar-refractivity contribution in [1.82, 2.24) is 0 Å². The number of fused-ring (bicyclic) bond motifs is 1. The van der Waals surface area contributed by atoms with Crippen molar-refractivity contribution in [3.63, 3.8) is 0 Å². The van der Waals surface area contributed by atoms with E-state index in [9.17, 15) is 18.0 Å². The number of alkyl halides is 3. The summed E-state index contributed by atoms with van der Waals surface area (Å²) in [7, 11) is 0. The second-order valence-corrected chi connectivity index (χ2v) is 5.36. The number of rotatable bonds is 3. The maximum absolute atomic E-state index is 12.2. The van der Waals surface area contributed by atoms with Gasteiger partial charge in [0.05, 0.1) is 6.61 Å². The summed E-state index contributed by atoms with van der Waals surface area (Å²) in [4.78, 5) is 11.3. The number of anilines is 1. The van der Waals surface area contributed by atoms with E-state index in [1.165, 1.54) is 31.2 Å². The molecule has 0 saturated carbocycles. The molecule has 0 bridgehead atoms. The summed E-state index contributed by atoms with van der Waals surface area (Å²) in [5.74, 6) is 0.198. The van der Waals surface area contributed by atoms with E-state index in [2.05, 4.69) is 10.1 Å². The SMILES string of the molecule is CC(=O)Nc1cc2c(c(-c3ccc(OC(F)(F)F)cc3)c1)OCC2. The Hall–Kier alpha value is -2.70. The van der Waals surface area contributed by atoms with Crippen molar-refractivity contribution in [1.29, 1.82) is 0 Å². The zero-order chi connectivity index (χ0) is 17.3. The number of benzene rings is 2. The van der Waals surface area contributed by atoms with Crippen molar-refractivity contribution < 1.29 is 27.4 Å². The number of carbonyl (C=O) groups is 1. The highest BCUT2D eigenvalue weighted by Crippen LogP contribution is 2.40. The first-order valence-corrected chi connectivity index (χ1v) is 7.25. The molecule has 0 aliphatic carbocycles. The molecule has 0 unspecified atom stereocenters. The molecule has 1 aliphatic heterocycles. The molecule has 126 valence electrons. The first kappa shape index (κ1) is 16.2. The Morgan fingerprint density at radius 2 is 1.92 bits per heavy atom. The number of carbonyl (C=O) groups excluding carboxylic acids is 1. The second-order valence-electron chi connectivity index (χ2n) is 5.36. The third kappa shape index (κ3) is 3.61. The van der Waals surface area contributed by atoms with Gasteiger partial charge in [0.15, 0.2) is 0 Å². The molecule has 4 nitrogen and oxygen atoms in total. The lowest BCUT2D eigenvalue weighted by molar-refractivity contribution is -0.274. The van der Waals surface area contributed by atoms with Crippen LogP contribution in [0.3, 0.4) is 0 Å². The third-order valence-electron chi connectivity index (χ3n) is 3.50. The predicted molar refractivity (Wildman–Crippen MR) is 82.1 cm³/mol. The molecule has 2 aromatic carbocycles. The standard InChI is InChI=1S/C17H14F3NO3/c1-10(22)21-13-8-12-6-7-23-16(12)15(9-13)11-2-4-14(5-3-11)24-17(18,19)20/h2-5,8-9H,6-7H2,1H3,(H,21,22). The minimum atomic E-state index is -4.73. The average Bonchev–Trinajstić information content (AvgIpc) is 2.93. The Morgan fingerprint density at radius 3 is 2.54 bits per heavy atom. The highest BCUT2D eigenvalue weighted by atomic mass is 19.4. The Morgan fingerprint density at radius 1 is 1.21 bits per heavy atom. The van der Waals surface area contributed by atoms with Crippen molar-refractivity contribution in [2.45, 2.75) is 19.7 Å². The zero-order valence-electron chi connectivity index (χ0n) is 12.7. The number of ether oxygens (including phenoxy) is 2. The van der Waals surface area contributed by atoms with Crippen molar-refractivity contribution >= 4 is 11.6 Å². The van der Waals surface area contributed by atoms with Crippen molar-refractivity contribution in [3.05, 3.63) is 42.0 Å². The van der Waals surface area contributed by atoms with Gasteiger partial charge in [-0.05, 0) is 29.8 Å². The molecular formula is C17H14F3NO3. The van der Waals surface area contributed by atoms with Gasteiger partial charge in [0, 0.05) is 30.2 Å². The van der Waals surface area contributed by atoms with E-state index in [1.807, 2.05) is 6.07 Å². The first-order valence-electron chi connectivity index (χ1n) is 7.25. The molecule has 0 radical (unpaired) electrons. The maximum Gasteiger partial charge on any atom is 0.573 e. The molecule has 0 fully saturated rings.